The van der Waals surface area contributed by atoms with Gasteiger partial charge in [-0.05, 0) is 39.8 Å². The molecule has 1 fully saturated rings. The third kappa shape index (κ3) is 4.12. The third-order valence-electron chi connectivity index (χ3n) is 4.18. The highest BCUT2D eigenvalue weighted by Crippen LogP contribution is 2.25. The average Bonchev–Trinajstić information content (AvgIpc) is 2.61. The number of nitrogens with zero attached hydrogens (tertiary/aromatic N) is 1. The zero-order valence-electron chi connectivity index (χ0n) is 13.9. The Morgan fingerprint density at radius 3 is 2.64 bits per heavy atom. The molecule has 0 aliphatic carbocycles. The lowest BCUT2D eigenvalue weighted by Gasteiger charge is -2.33. The molecule has 2 aromatic carbocycles. The van der Waals surface area contributed by atoms with Crippen LogP contribution in [-0.4, -0.2) is 36.4 Å². The van der Waals surface area contributed by atoms with Gasteiger partial charge in [-0.15, -0.1) is 0 Å². The van der Waals surface area contributed by atoms with Crippen LogP contribution >= 0.6 is 22.6 Å². The highest BCUT2D eigenvalue weighted by molar-refractivity contribution is 14.1. The zero-order chi connectivity index (χ0) is 17.8. The van der Waals surface area contributed by atoms with E-state index in [0.717, 1.165) is 20.4 Å². The fraction of sp³-hybridized carbons (Fsp3) is 0.263. The van der Waals surface area contributed by atoms with Gasteiger partial charge in [0.2, 0.25) is 11.8 Å². The van der Waals surface area contributed by atoms with Gasteiger partial charge >= 0.3 is 0 Å². The molecule has 2 amide bonds. The Morgan fingerprint density at radius 1 is 1.16 bits per heavy atom. The fourth-order valence-corrected chi connectivity index (χ4v) is 3.74. The van der Waals surface area contributed by atoms with Crippen LogP contribution in [0.25, 0.3) is 0 Å². The summed E-state index contributed by atoms with van der Waals surface area (Å²) in [5.74, 6) is 0.592. The molecule has 1 N–H and O–H groups in total. The lowest BCUT2D eigenvalue weighted by atomic mass is 10.0. The molecule has 1 aliphatic heterocycles. The van der Waals surface area contributed by atoms with E-state index in [1.54, 1.807) is 12.0 Å². The number of methoxy groups -OCH3 is 1. The first-order valence-electron chi connectivity index (χ1n) is 8.02. The third-order valence-corrected chi connectivity index (χ3v) is 5.41. The van der Waals surface area contributed by atoms with Crippen LogP contribution in [0.5, 0.6) is 5.75 Å². The Bertz CT molecular complexity index is 779. The maximum Gasteiger partial charge on any atom is 0.246 e. The molecule has 3 rings (SSSR count). The number of nitrogens with one attached hydrogen (secondary N) is 1. The van der Waals surface area contributed by atoms with Crippen molar-refractivity contribution in [2.24, 2.45) is 0 Å². The number of carbonyl (C=O) groups is 2. The number of hydrogen-bond acceptors (Lipinski definition) is 3. The van der Waals surface area contributed by atoms with Gasteiger partial charge in [0.25, 0.3) is 0 Å². The lowest BCUT2D eigenvalue weighted by Crippen LogP contribution is -2.58. The second-order valence-electron chi connectivity index (χ2n) is 5.94. The number of rotatable bonds is 5. The Labute approximate surface area is 160 Å². The smallest absolute Gasteiger partial charge is 0.246 e. The van der Waals surface area contributed by atoms with Crippen molar-refractivity contribution in [3.05, 3.63) is 63.2 Å². The van der Waals surface area contributed by atoms with Crippen molar-refractivity contribution in [2.75, 3.05) is 13.7 Å². The number of benzene rings is 2. The van der Waals surface area contributed by atoms with Crippen LogP contribution in [0.2, 0.25) is 0 Å². The summed E-state index contributed by atoms with van der Waals surface area (Å²) >= 11 is 2.21. The molecule has 1 atom stereocenters. The minimum Gasteiger partial charge on any atom is -0.496 e. The van der Waals surface area contributed by atoms with Crippen molar-refractivity contribution >= 4 is 34.4 Å². The number of ether oxygens (including phenoxy) is 1. The first kappa shape index (κ1) is 17.7. The number of piperazine rings is 1. The summed E-state index contributed by atoms with van der Waals surface area (Å²) in [6.45, 7) is 0.540. The molecule has 0 bridgehead atoms. The summed E-state index contributed by atoms with van der Waals surface area (Å²) in [4.78, 5) is 26.5. The molecular formula is C19H19IN2O3. The van der Waals surface area contributed by atoms with Gasteiger partial charge in [-0.2, -0.15) is 0 Å². The van der Waals surface area contributed by atoms with Gasteiger partial charge in [0, 0.05) is 13.0 Å². The molecule has 130 valence electrons. The zero-order valence-corrected chi connectivity index (χ0v) is 16.0. The Morgan fingerprint density at radius 2 is 1.92 bits per heavy atom. The first-order valence-corrected chi connectivity index (χ1v) is 9.10. The summed E-state index contributed by atoms with van der Waals surface area (Å²) in [6.07, 6.45) is 0.450. The van der Waals surface area contributed by atoms with Crippen molar-refractivity contribution in [1.82, 2.24) is 10.2 Å². The molecule has 1 aliphatic rings. The maximum atomic E-state index is 12.8. The molecule has 6 heteroatoms. The van der Waals surface area contributed by atoms with E-state index in [1.165, 1.54) is 0 Å². The fourth-order valence-electron chi connectivity index (χ4n) is 2.94. The maximum absolute atomic E-state index is 12.8. The number of halogens is 1. The Balaban J connectivity index is 1.77. The minimum absolute atomic E-state index is 0.0536. The quantitative estimate of drug-likeness (QED) is 0.712. The Kier molecular flexibility index (Phi) is 5.57. The van der Waals surface area contributed by atoms with E-state index in [-0.39, 0.29) is 18.4 Å². The van der Waals surface area contributed by atoms with Gasteiger partial charge in [-0.25, -0.2) is 0 Å². The molecule has 5 nitrogen and oxygen atoms in total. The normalized spacial score (nSPS) is 17.4. The predicted molar refractivity (Wildman–Crippen MR) is 103 cm³/mol. The predicted octanol–water partition coefficient (Wildman–Crippen LogP) is 2.37. The van der Waals surface area contributed by atoms with Crippen LogP contribution < -0.4 is 10.1 Å². The van der Waals surface area contributed by atoms with E-state index < -0.39 is 6.04 Å². The van der Waals surface area contributed by atoms with E-state index in [4.69, 9.17) is 4.74 Å². The average molecular weight is 450 g/mol. The molecule has 1 unspecified atom stereocenters. The van der Waals surface area contributed by atoms with Crippen molar-refractivity contribution in [3.8, 4) is 5.75 Å². The first-order chi connectivity index (χ1) is 12.1. The van der Waals surface area contributed by atoms with Crippen molar-refractivity contribution in [2.45, 2.75) is 19.0 Å². The summed E-state index contributed by atoms with van der Waals surface area (Å²) in [6, 6.07) is 14.9. The van der Waals surface area contributed by atoms with Crippen molar-refractivity contribution < 1.29 is 14.3 Å². The SMILES string of the molecule is COc1cccc(CC2NC(=O)CN(Cc3ccccc3)C2=O)c1I. The summed E-state index contributed by atoms with van der Waals surface area (Å²) in [7, 11) is 1.62. The number of amides is 2. The largest absolute Gasteiger partial charge is 0.496 e. The molecule has 25 heavy (non-hydrogen) atoms. The van der Waals surface area contributed by atoms with Gasteiger partial charge in [-0.3, -0.25) is 9.59 Å². The van der Waals surface area contributed by atoms with Crippen LogP contribution in [0, 0.1) is 3.57 Å². The number of hydrogen-bond donors (Lipinski definition) is 1. The summed E-state index contributed by atoms with van der Waals surface area (Å²) in [5, 5.41) is 2.82. The highest BCUT2D eigenvalue weighted by Gasteiger charge is 2.33. The van der Waals surface area contributed by atoms with Gasteiger partial charge in [0.05, 0.1) is 17.2 Å². The molecule has 2 aromatic rings. The molecule has 1 saturated heterocycles. The van der Waals surface area contributed by atoms with E-state index in [2.05, 4.69) is 27.9 Å². The molecule has 1 heterocycles. The Hall–Kier alpha value is -2.09. The van der Waals surface area contributed by atoms with Gasteiger partial charge in [0.1, 0.15) is 11.8 Å². The van der Waals surface area contributed by atoms with Crippen LogP contribution in [0.4, 0.5) is 0 Å². The van der Waals surface area contributed by atoms with Crippen LogP contribution in [0.15, 0.2) is 48.5 Å². The molecule has 0 spiro atoms. The summed E-state index contributed by atoms with van der Waals surface area (Å²) in [5.41, 5.74) is 2.00. The highest BCUT2D eigenvalue weighted by atomic mass is 127. The van der Waals surface area contributed by atoms with Crippen LogP contribution in [-0.2, 0) is 22.6 Å². The molecule has 0 aromatic heterocycles. The topological polar surface area (TPSA) is 58.6 Å². The van der Waals surface area contributed by atoms with E-state index in [0.29, 0.717) is 13.0 Å². The van der Waals surface area contributed by atoms with Gasteiger partial charge < -0.3 is 15.0 Å². The van der Waals surface area contributed by atoms with Crippen LogP contribution in [0.3, 0.4) is 0 Å². The van der Waals surface area contributed by atoms with Gasteiger partial charge in [-0.1, -0.05) is 42.5 Å². The molecule has 0 saturated carbocycles. The van der Waals surface area contributed by atoms with Crippen molar-refractivity contribution in [1.29, 1.82) is 0 Å². The van der Waals surface area contributed by atoms with Crippen LogP contribution in [0.1, 0.15) is 11.1 Å². The second kappa shape index (κ2) is 7.86. The summed E-state index contributed by atoms with van der Waals surface area (Å²) < 4.78 is 6.30. The molecule has 0 radical (unpaired) electrons. The number of carbonyl (C=O) groups excluding carboxylic acids is 2. The van der Waals surface area contributed by atoms with E-state index in [1.807, 2.05) is 48.5 Å². The standard InChI is InChI=1S/C19H19IN2O3/c1-25-16-9-5-8-14(18(16)20)10-15-19(24)22(12-17(23)21-15)11-13-6-3-2-4-7-13/h2-9,15H,10-12H2,1H3,(H,21,23). The lowest BCUT2D eigenvalue weighted by molar-refractivity contribution is -0.144. The van der Waals surface area contributed by atoms with E-state index in [9.17, 15) is 9.59 Å². The van der Waals surface area contributed by atoms with Gasteiger partial charge in [0.15, 0.2) is 0 Å². The monoisotopic (exact) mass is 450 g/mol. The minimum atomic E-state index is -0.550. The molecular weight excluding hydrogens is 431 g/mol. The second-order valence-corrected chi connectivity index (χ2v) is 7.02. The van der Waals surface area contributed by atoms with Crippen molar-refractivity contribution in [3.63, 3.8) is 0 Å². The van der Waals surface area contributed by atoms with E-state index >= 15 is 0 Å².